The highest BCUT2D eigenvalue weighted by Gasteiger charge is 2.50. The highest BCUT2D eigenvalue weighted by molar-refractivity contribution is 5.75. The standard InChI is InChI=1S/C18H34N2O12/c19-20-10(23)4-2-1-3-5-29-17-15(28)13(26)16(9(7-22)31-17)32-18-14(27)12(25)11(24)8(6-21)30-18/h8-9,11-18,21-22,24-28H,1-7,19H2,(H,20,23)/t8-,9-,11+,12+,13-,14-,15-,16-,17-,18+/m1/s1. The fraction of sp³-hybridized carbons (Fsp3) is 0.944. The van der Waals surface area contributed by atoms with Crippen LogP contribution >= 0.6 is 0 Å². The molecule has 14 heteroatoms. The minimum atomic E-state index is -1.73. The van der Waals surface area contributed by atoms with E-state index in [4.69, 9.17) is 24.8 Å². The van der Waals surface area contributed by atoms with E-state index in [1.165, 1.54) is 0 Å². The van der Waals surface area contributed by atoms with Crippen LogP contribution in [0.2, 0.25) is 0 Å². The van der Waals surface area contributed by atoms with Crippen molar-refractivity contribution in [3.8, 4) is 0 Å². The van der Waals surface area contributed by atoms with Gasteiger partial charge < -0.3 is 54.7 Å². The number of aliphatic hydroxyl groups excluding tert-OH is 7. The third-order valence-corrected chi connectivity index (χ3v) is 5.45. The van der Waals surface area contributed by atoms with Gasteiger partial charge in [0, 0.05) is 13.0 Å². The van der Waals surface area contributed by atoms with E-state index >= 15 is 0 Å². The van der Waals surface area contributed by atoms with Crippen LogP contribution in [0, 0.1) is 0 Å². The van der Waals surface area contributed by atoms with Gasteiger partial charge in [-0.15, -0.1) is 0 Å². The molecule has 2 aliphatic rings. The van der Waals surface area contributed by atoms with Crippen LogP contribution in [0.3, 0.4) is 0 Å². The molecular formula is C18H34N2O12. The van der Waals surface area contributed by atoms with Crippen molar-refractivity contribution in [2.24, 2.45) is 5.84 Å². The Labute approximate surface area is 184 Å². The summed E-state index contributed by atoms with van der Waals surface area (Å²) < 4.78 is 21.6. The highest BCUT2D eigenvalue weighted by Crippen LogP contribution is 2.29. The minimum absolute atomic E-state index is 0.148. The number of hydrogen-bond acceptors (Lipinski definition) is 13. The fourth-order valence-corrected chi connectivity index (χ4v) is 3.53. The maximum absolute atomic E-state index is 11.1. The number of hydrogen-bond donors (Lipinski definition) is 9. The number of nitrogens with two attached hydrogens (primary N) is 1. The first-order chi connectivity index (χ1) is 15.2. The summed E-state index contributed by atoms with van der Waals surface area (Å²) in [6, 6.07) is 0. The van der Waals surface area contributed by atoms with Crippen molar-refractivity contribution in [3.63, 3.8) is 0 Å². The summed E-state index contributed by atoms with van der Waals surface area (Å²) in [4.78, 5) is 11.1. The molecule has 32 heavy (non-hydrogen) atoms. The monoisotopic (exact) mass is 470 g/mol. The Morgan fingerprint density at radius 2 is 1.44 bits per heavy atom. The molecule has 2 heterocycles. The molecule has 1 amide bonds. The maximum Gasteiger partial charge on any atom is 0.233 e. The lowest BCUT2D eigenvalue weighted by atomic mass is 9.97. The normalized spacial score (nSPS) is 40.2. The molecule has 188 valence electrons. The van der Waals surface area contributed by atoms with Crippen molar-refractivity contribution in [1.29, 1.82) is 0 Å². The second-order valence-corrected chi connectivity index (χ2v) is 7.75. The van der Waals surface area contributed by atoms with Gasteiger partial charge in [-0.25, -0.2) is 5.84 Å². The summed E-state index contributed by atoms with van der Waals surface area (Å²) in [5, 5.41) is 69.6. The van der Waals surface area contributed by atoms with Crippen LogP contribution < -0.4 is 11.3 Å². The molecule has 10 atom stereocenters. The Morgan fingerprint density at radius 1 is 0.812 bits per heavy atom. The van der Waals surface area contributed by atoms with Crippen LogP contribution in [-0.2, 0) is 23.7 Å². The predicted octanol–water partition coefficient (Wildman–Crippen LogP) is -4.82. The molecule has 0 radical (unpaired) electrons. The number of aliphatic hydroxyl groups is 7. The lowest BCUT2D eigenvalue weighted by Crippen LogP contribution is -2.64. The molecule has 2 aliphatic heterocycles. The Bertz CT molecular complexity index is 568. The van der Waals surface area contributed by atoms with Gasteiger partial charge in [-0.1, -0.05) is 6.42 Å². The molecule has 14 nitrogen and oxygen atoms in total. The highest BCUT2D eigenvalue weighted by atomic mass is 16.7. The van der Waals surface area contributed by atoms with Gasteiger partial charge in [0.05, 0.1) is 13.2 Å². The molecule has 2 rings (SSSR count). The Hall–Kier alpha value is -1.01. The van der Waals surface area contributed by atoms with E-state index in [1.54, 1.807) is 0 Å². The van der Waals surface area contributed by atoms with Gasteiger partial charge in [-0.05, 0) is 12.8 Å². The third-order valence-electron chi connectivity index (χ3n) is 5.45. The zero-order valence-electron chi connectivity index (χ0n) is 17.5. The first kappa shape index (κ1) is 27.2. The van der Waals surface area contributed by atoms with Crippen LogP contribution in [0.25, 0.3) is 0 Å². The summed E-state index contributed by atoms with van der Waals surface area (Å²) in [6.45, 7) is -1.16. The van der Waals surface area contributed by atoms with E-state index in [9.17, 15) is 40.5 Å². The predicted molar refractivity (Wildman–Crippen MR) is 103 cm³/mol. The lowest BCUT2D eigenvalue weighted by molar-refractivity contribution is -0.359. The maximum atomic E-state index is 11.1. The first-order valence-corrected chi connectivity index (χ1v) is 10.4. The van der Waals surface area contributed by atoms with Crippen LogP contribution in [0.4, 0.5) is 0 Å². The summed E-state index contributed by atoms with van der Waals surface area (Å²) >= 11 is 0. The number of carbonyl (C=O) groups is 1. The van der Waals surface area contributed by atoms with E-state index in [2.05, 4.69) is 0 Å². The molecule has 0 aromatic carbocycles. The average molecular weight is 470 g/mol. The Balaban J connectivity index is 1.89. The summed E-state index contributed by atoms with van der Waals surface area (Å²) in [6.07, 6.45) is -12.8. The van der Waals surface area contributed by atoms with Crippen molar-refractivity contribution in [1.82, 2.24) is 5.43 Å². The lowest BCUT2D eigenvalue weighted by Gasteiger charge is -2.45. The smallest absolute Gasteiger partial charge is 0.233 e. The molecule has 0 spiro atoms. The quantitative estimate of drug-likeness (QED) is 0.0597. The summed E-state index contributed by atoms with van der Waals surface area (Å²) in [7, 11) is 0. The van der Waals surface area contributed by atoms with E-state index < -0.39 is 74.6 Å². The van der Waals surface area contributed by atoms with Crippen molar-refractivity contribution >= 4 is 5.91 Å². The van der Waals surface area contributed by atoms with E-state index in [0.29, 0.717) is 19.3 Å². The third kappa shape index (κ3) is 6.75. The largest absolute Gasteiger partial charge is 0.394 e. The number of rotatable bonds is 11. The first-order valence-electron chi connectivity index (χ1n) is 10.4. The topological polar surface area (TPSA) is 234 Å². The second-order valence-electron chi connectivity index (χ2n) is 7.75. The zero-order valence-corrected chi connectivity index (χ0v) is 17.5. The second kappa shape index (κ2) is 13.0. The van der Waals surface area contributed by atoms with E-state index in [0.717, 1.165) is 0 Å². The zero-order chi connectivity index (χ0) is 23.8. The van der Waals surface area contributed by atoms with Crippen LogP contribution in [0.5, 0.6) is 0 Å². The number of carbonyl (C=O) groups excluding carboxylic acids is 1. The molecule has 0 saturated carbocycles. The van der Waals surface area contributed by atoms with Gasteiger partial charge in [0.1, 0.15) is 48.8 Å². The van der Waals surface area contributed by atoms with E-state index in [-0.39, 0.29) is 18.9 Å². The van der Waals surface area contributed by atoms with Gasteiger partial charge >= 0.3 is 0 Å². The number of unbranched alkanes of at least 4 members (excludes halogenated alkanes) is 2. The van der Waals surface area contributed by atoms with Gasteiger partial charge in [0.25, 0.3) is 0 Å². The number of hydrazine groups is 1. The summed E-state index contributed by atoms with van der Waals surface area (Å²) in [5.74, 6) is 4.71. The van der Waals surface area contributed by atoms with Crippen molar-refractivity contribution < 1.29 is 59.5 Å². The number of ether oxygens (including phenoxy) is 4. The Kier molecular flexibility index (Phi) is 11.1. The molecule has 2 fully saturated rings. The molecule has 0 unspecified atom stereocenters. The van der Waals surface area contributed by atoms with Crippen LogP contribution in [-0.4, -0.2) is 123 Å². The van der Waals surface area contributed by atoms with Crippen molar-refractivity contribution in [2.45, 2.75) is 87.1 Å². The molecule has 0 aliphatic carbocycles. The SMILES string of the molecule is NNC(=O)CCCCCO[C@@H]1O[C@H](CO)[C@@H](O[C@@H]2O[C@H](CO)[C@H](O)[C@H](O)[C@H]2O)[C@H](O)[C@H]1O. The van der Waals surface area contributed by atoms with Crippen LogP contribution in [0.15, 0.2) is 0 Å². The number of nitrogens with one attached hydrogen (secondary N) is 1. The van der Waals surface area contributed by atoms with Gasteiger partial charge in [-0.3, -0.25) is 10.2 Å². The van der Waals surface area contributed by atoms with E-state index in [1.807, 2.05) is 5.43 Å². The van der Waals surface area contributed by atoms with Gasteiger partial charge in [0.2, 0.25) is 5.91 Å². The molecule has 0 aromatic rings. The molecular weight excluding hydrogens is 436 g/mol. The van der Waals surface area contributed by atoms with Crippen LogP contribution in [0.1, 0.15) is 25.7 Å². The minimum Gasteiger partial charge on any atom is -0.394 e. The molecule has 10 N–H and O–H groups in total. The van der Waals surface area contributed by atoms with Crippen molar-refractivity contribution in [3.05, 3.63) is 0 Å². The fourth-order valence-electron chi connectivity index (χ4n) is 3.53. The average Bonchev–Trinajstić information content (AvgIpc) is 2.80. The van der Waals surface area contributed by atoms with Gasteiger partial charge in [-0.2, -0.15) is 0 Å². The molecule has 2 saturated heterocycles. The number of amides is 1. The molecule has 0 bridgehead atoms. The molecule has 0 aromatic heterocycles. The Morgan fingerprint density at radius 3 is 2.06 bits per heavy atom. The van der Waals surface area contributed by atoms with Crippen molar-refractivity contribution in [2.75, 3.05) is 19.8 Å². The van der Waals surface area contributed by atoms with Gasteiger partial charge in [0.15, 0.2) is 12.6 Å². The summed E-state index contributed by atoms with van der Waals surface area (Å²) in [5.41, 5.74) is 2.03.